The molecule has 0 unspecified atom stereocenters. The highest BCUT2D eigenvalue weighted by Crippen LogP contribution is 2.37. The van der Waals surface area contributed by atoms with Gasteiger partial charge in [-0.05, 0) is 67.7 Å². The average Bonchev–Trinajstić information content (AvgIpc) is 2.61. The summed E-state index contributed by atoms with van der Waals surface area (Å²) in [6.45, 7) is 0. The number of hydrogen-bond donors (Lipinski definition) is 0. The van der Waals surface area contributed by atoms with E-state index in [2.05, 4.69) is 45.2 Å². The highest BCUT2D eigenvalue weighted by Gasteiger charge is 2.22. The molecule has 0 spiro atoms. The summed E-state index contributed by atoms with van der Waals surface area (Å²) in [6.07, 6.45) is 9.83. The minimum absolute atomic E-state index is 0.633. The fourth-order valence-corrected chi connectivity index (χ4v) is 3.79. The van der Waals surface area contributed by atoms with Gasteiger partial charge in [0.1, 0.15) is 6.29 Å². The van der Waals surface area contributed by atoms with Crippen LogP contribution >= 0.6 is 15.9 Å². The molecule has 23 heavy (non-hydrogen) atoms. The van der Waals surface area contributed by atoms with Crippen LogP contribution in [0.25, 0.3) is 11.3 Å². The Hall–Kier alpha value is -1.48. The van der Waals surface area contributed by atoms with Crippen LogP contribution in [-0.2, 0) is 4.79 Å². The summed E-state index contributed by atoms with van der Waals surface area (Å²) in [6, 6.07) is 12.6. The van der Waals surface area contributed by atoms with Gasteiger partial charge in [-0.25, -0.2) is 0 Å². The van der Waals surface area contributed by atoms with Crippen LogP contribution in [0.3, 0.4) is 0 Å². The minimum Gasteiger partial charge on any atom is -0.303 e. The quantitative estimate of drug-likeness (QED) is 0.624. The van der Waals surface area contributed by atoms with E-state index in [-0.39, 0.29) is 0 Å². The van der Waals surface area contributed by atoms with Crippen LogP contribution in [-0.4, -0.2) is 11.3 Å². The summed E-state index contributed by atoms with van der Waals surface area (Å²) < 4.78 is 1.09. The first-order chi connectivity index (χ1) is 11.3. The summed E-state index contributed by atoms with van der Waals surface area (Å²) in [5.74, 6) is 1.38. The Kier molecular flexibility index (Phi) is 5.60. The molecule has 0 aliphatic heterocycles. The van der Waals surface area contributed by atoms with Gasteiger partial charge < -0.3 is 4.79 Å². The van der Waals surface area contributed by atoms with E-state index in [1.54, 1.807) is 0 Å². The number of carbonyl (C=O) groups excluding carboxylic acids is 1. The van der Waals surface area contributed by atoms with Gasteiger partial charge in [0.05, 0.1) is 5.69 Å². The maximum Gasteiger partial charge on any atom is 0.120 e. The monoisotopic (exact) mass is 371 g/mol. The lowest BCUT2D eigenvalue weighted by Gasteiger charge is -2.28. The molecule has 1 aliphatic carbocycles. The average molecular weight is 372 g/mol. The fraction of sp³-hybridized carbons (Fsp3) is 0.400. The highest BCUT2D eigenvalue weighted by atomic mass is 79.9. The van der Waals surface area contributed by atoms with Crippen LogP contribution < -0.4 is 0 Å². The third-order valence-corrected chi connectivity index (χ3v) is 5.47. The van der Waals surface area contributed by atoms with Crippen molar-refractivity contribution in [1.82, 2.24) is 4.98 Å². The van der Waals surface area contributed by atoms with E-state index in [1.807, 2.05) is 18.3 Å². The predicted molar refractivity (Wildman–Crippen MR) is 97.4 cm³/mol. The van der Waals surface area contributed by atoms with Gasteiger partial charge in [-0.15, -0.1) is 0 Å². The van der Waals surface area contributed by atoms with Crippen molar-refractivity contribution in [3.63, 3.8) is 0 Å². The second-order valence-corrected chi connectivity index (χ2v) is 7.36. The molecule has 0 amide bonds. The summed E-state index contributed by atoms with van der Waals surface area (Å²) in [5, 5.41) is 0. The molecule has 120 valence electrons. The zero-order valence-electron chi connectivity index (χ0n) is 13.2. The second kappa shape index (κ2) is 7.87. The van der Waals surface area contributed by atoms with Crippen molar-refractivity contribution in [2.75, 3.05) is 0 Å². The molecule has 1 fully saturated rings. The standard InChI is InChI=1S/C20H22BrNO/c21-19-10-7-17(8-11-19)20-12-9-18(14-22-20)16-5-3-15(4-6-16)2-1-13-23/h7-16H,1-6H2. The lowest BCUT2D eigenvalue weighted by Crippen LogP contribution is -2.13. The lowest BCUT2D eigenvalue weighted by molar-refractivity contribution is -0.108. The van der Waals surface area contributed by atoms with Crippen LogP contribution in [0.2, 0.25) is 0 Å². The number of carbonyl (C=O) groups is 1. The molecule has 3 rings (SSSR count). The Labute approximate surface area is 146 Å². The van der Waals surface area contributed by atoms with Crippen molar-refractivity contribution in [2.45, 2.75) is 44.4 Å². The van der Waals surface area contributed by atoms with E-state index in [9.17, 15) is 4.79 Å². The van der Waals surface area contributed by atoms with E-state index < -0.39 is 0 Å². The van der Waals surface area contributed by atoms with Crippen LogP contribution in [0.15, 0.2) is 47.1 Å². The lowest BCUT2D eigenvalue weighted by atomic mass is 9.77. The molecule has 1 heterocycles. The van der Waals surface area contributed by atoms with Crippen LogP contribution in [0.1, 0.15) is 50.0 Å². The smallest absolute Gasteiger partial charge is 0.120 e. The summed E-state index contributed by atoms with van der Waals surface area (Å²) in [5.41, 5.74) is 3.54. The second-order valence-electron chi connectivity index (χ2n) is 6.45. The Balaban J connectivity index is 1.62. The Morgan fingerprint density at radius 1 is 1.04 bits per heavy atom. The molecule has 0 radical (unpaired) electrons. The number of aromatic nitrogens is 1. The highest BCUT2D eigenvalue weighted by molar-refractivity contribution is 9.10. The molecule has 2 aromatic rings. The summed E-state index contributed by atoms with van der Waals surface area (Å²) in [4.78, 5) is 15.2. The molecule has 1 aromatic heterocycles. The molecular weight excluding hydrogens is 350 g/mol. The van der Waals surface area contributed by atoms with Gasteiger partial charge in [0.15, 0.2) is 0 Å². The first-order valence-electron chi connectivity index (χ1n) is 8.42. The Bertz CT molecular complexity index is 628. The molecule has 0 bridgehead atoms. The molecule has 0 N–H and O–H groups in total. The first-order valence-corrected chi connectivity index (χ1v) is 9.21. The van der Waals surface area contributed by atoms with E-state index in [4.69, 9.17) is 0 Å². The molecule has 0 atom stereocenters. The molecular formula is C20H22BrNO. The van der Waals surface area contributed by atoms with Gasteiger partial charge in [-0.2, -0.15) is 0 Å². The molecule has 1 aliphatic rings. The van der Waals surface area contributed by atoms with E-state index >= 15 is 0 Å². The third kappa shape index (κ3) is 4.29. The molecule has 3 heteroatoms. The minimum atomic E-state index is 0.633. The van der Waals surface area contributed by atoms with Crippen molar-refractivity contribution >= 4 is 22.2 Å². The SMILES string of the molecule is O=CCCC1CCC(c2ccc(-c3ccc(Br)cc3)nc2)CC1. The molecule has 2 nitrogen and oxygen atoms in total. The normalized spacial score (nSPS) is 21.1. The molecule has 1 aromatic carbocycles. The number of hydrogen-bond acceptors (Lipinski definition) is 2. The maximum atomic E-state index is 10.5. The van der Waals surface area contributed by atoms with Crippen LogP contribution in [0.5, 0.6) is 0 Å². The Morgan fingerprint density at radius 2 is 1.78 bits per heavy atom. The van der Waals surface area contributed by atoms with Crippen molar-refractivity contribution in [3.05, 3.63) is 52.6 Å². The molecule has 0 saturated heterocycles. The van der Waals surface area contributed by atoms with Crippen LogP contribution in [0, 0.1) is 5.92 Å². The van der Waals surface area contributed by atoms with E-state index in [0.29, 0.717) is 5.92 Å². The largest absolute Gasteiger partial charge is 0.303 e. The summed E-state index contributed by atoms with van der Waals surface area (Å²) in [7, 11) is 0. The number of benzene rings is 1. The third-order valence-electron chi connectivity index (χ3n) is 4.94. The number of nitrogens with zero attached hydrogens (tertiary/aromatic N) is 1. The van der Waals surface area contributed by atoms with E-state index in [1.165, 1.54) is 31.2 Å². The number of aldehydes is 1. The predicted octanol–water partition coefficient (Wildman–Crippen LogP) is 5.76. The number of pyridine rings is 1. The van der Waals surface area contributed by atoms with Crippen molar-refractivity contribution in [1.29, 1.82) is 0 Å². The van der Waals surface area contributed by atoms with E-state index in [0.717, 1.165) is 40.8 Å². The Morgan fingerprint density at radius 3 is 2.39 bits per heavy atom. The number of rotatable bonds is 5. The zero-order chi connectivity index (χ0) is 16.1. The maximum absolute atomic E-state index is 10.5. The van der Waals surface area contributed by atoms with Gasteiger partial charge in [0.2, 0.25) is 0 Å². The van der Waals surface area contributed by atoms with Gasteiger partial charge >= 0.3 is 0 Å². The zero-order valence-corrected chi connectivity index (χ0v) is 14.8. The topological polar surface area (TPSA) is 30.0 Å². The van der Waals surface area contributed by atoms with Crippen molar-refractivity contribution in [3.8, 4) is 11.3 Å². The number of halogens is 1. The van der Waals surface area contributed by atoms with Crippen LogP contribution in [0.4, 0.5) is 0 Å². The fourth-order valence-electron chi connectivity index (χ4n) is 3.53. The first kappa shape index (κ1) is 16.4. The van der Waals surface area contributed by atoms with Gasteiger partial charge in [-0.1, -0.05) is 34.1 Å². The van der Waals surface area contributed by atoms with Gasteiger partial charge in [-0.3, -0.25) is 4.98 Å². The van der Waals surface area contributed by atoms with Crippen molar-refractivity contribution < 1.29 is 4.79 Å². The summed E-state index contributed by atoms with van der Waals surface area (Å²) >= 11 is 3.46. The van der Waals surface area contributed by atoms with Gasteiger partial charge in [0, 0.05) is 22.7 Å². The molecule has 1 saturated carbocycles. The van der Waals surface area contributed by atoms with Crippen molar-refractivity contribution in [2.24, 2.45) is 5.92 Å². The van der Waals surface area contributed by atoms with Gasteiger partial charge in [0.25, 0.3) is 0 Å².